The van der Waals surface area contributed by atoms with Crippen LogP contribution in [0.5, 0.6) is 0 Å². The highest BCUT2D eigenvalue weighted by Gasteiger charge is 2.24. The van der Waals surface area contributed by atoms with E-state index in [4.69, 9.17) is 46.2 Å². The van der Waals surface area contributed by atoms with Gasteiger partial charge in [-0.3, -0.25) is 47.8 Å². The predicted molar refractivity (Wildman–Crippen MR) is 223 cm³/mol. The van der Waals surface area contributed by atoms with Gasteiger partial charge in [-0.15, -0.1) is 0 Å². The van der Waals surface area contributed by atoms with Crippen molar-refractivity contribution in [2.45, 2.75) is 109 Å². The van der Waals surface area contributed by atoms with Crippen LogP contribution in [-0.2, 0) is 50.7 Å². The normalized spacial score (nSPS) is 13.5. The minimum absolute atomic E-state index is 0.00479. The maximum atomic E-state index is 13.6. The molecule has 0 saturated heterocycles. The van der Waals surface area contributed by atoms with Gasteiger partial charge < -0.3 is 61.9 Å². The van der Waals surface area contributed by atoms with Crippen molar-refractivity contribution in [3.05, 3.63) is 0 Å². The molecule has 28 heteroatoms. The van der Waals surface area contributed by atoms with Gasteiger partial charge in [-0.1, -0.05) is 38.5 Å². The second-order valence-electron chi connectivity index (χ2n) is 13.7. The molecule has 3 amide bonds. The lowest BCUT2D eigenvalue weighted by Gasteiger charge is -2.26. The van der Waals surface area contributed by atoms with Crippen LogP contribution < -0.4 is 27.4 Å². The van der Waals surface area contributed by atoms with Crippen molar-refractivity contribution in [3.8, 4) is 0 Å². The Labute approximate surface area is 357 Å². The van der Waals surface area contributed by atoms with E-state index in [1.165, 1.54) is 0 Å². The van der Waals surface area contributed by atoms with E-state index in [1.54, 1.807) is 9.80 Å². The standard InChI is InChI=1S/C33H70N9O16P3/c34-32(35)39-19-9-1-4-11-21-41(23-16-29(44)38-18-8-3-6-13-25-54-60(50,51)56-27-43)31(46)17-24-42(22-12-5-2-10-20-40-33(36)37)30(45)15-7-14-26-55-61(52,53)58-28-57-59(47,48)49/h43H,1-28H2,(H,38,44)(H,50,51)(H,52,53)(H4,34,35,39)(H4,36,37,40)(H2,47,48,49). The van der Waals surface area contributed by atoms with E-state index >= 15 is 0 Å². The second-order valence-corrected chi connectivity index (χ2v) is 17.9. The van der Waals surface area contributed by atoms with Crippen molar-refractivity contribution < 1.29 is 75.4 Å². The number of phosphoric acid groups is 3. The minimum atomic E-state index is -4.92. The summed E-state index contributed by atoms with van der Waals surface area (Å²) in [4.78, 5) is 79.2. The second kappa shape index (κ2) is 34.7. The fourth-order valence-electron chi connectivity index (χ4n) is 5.46. The summed E-state index contributed by atoms with van der Waals surface area (Å²) < 4.78 is 56.1. The molecule has 25 nitrogen and oxygen atoms in total. The fraction of sp³-hybridized carbons (Fsp3) is 0.848. The van der Waals surface area contributed by atoms with E-state index in [9.17, 15) is 37.9 Å². The van der Waals surface area contributed by atoms with Crippen LogP contribution in [0.15, 0.2) is 0 Å². The number of amides is 3. The Morgan fingerprint density at radius 2 is 0.934 bits per heavy atom. The summed E-state index contributed by atoms with van der Waals surface area (Å²) in [5.74, 6) is -0.936. The Balaban J connectivity index is 5.24. The number of carbonyl (C=O) groups excluding carboxylic acids is 3. The number of nitrogens with two attached hydrogens (primary N) is 2. The summed E-state index contributed by atoms with van der Waals surface area (Å²) in [5.41, 5.74) is 10.7. The van der Waals surface area contributed by atoms with E-state index in [-0.39, 0.29) is 88.0 Å². The zero-order valence-electron chi connectivity index (χ0n) is 34.9. The van der Waals surface area contributed by atoms with E-state index in [0.29, 0.717) is 71.2 Å². The highest BCUT2D eigenvalue weighted by molar-refractivity contribution is 7.48. The molecule has 358 valence electrons. The van der Waals surface area contributed by atoms with Crippen molar-refractivity contribution in [2.24, 2.45) is 11.5 Å². The van der Waals surface area contributed by atoms with Crippen LogP contribution in [-0.4, -0.2) is 137 Å². The zero-order valence-corrected chi connectivity index (χ0v) is 37.6. The molecule has 0 aliphatic heterocycles. The van der Waals surface area contributed by atoms with Crippen LogP contribution in [0, 0.1) is 10.8 Å². The van der Waals surface area contributed by atoms with Crippen molar-refractivity contribution in [2.75, 3.05) is 72.6 Å². The van der Waals surface area contributed by atoms with Crippen LogP contribution >= 0.6 is 23.5 Å². The van der Waals surface area contributed by atoms with Gasteiger partial charge in [0, 0.05) is 65.1 Å². The van der Waals surface area contributed by atoms with Gasteiger partial charge in [-0.25, -0.2) is 13.7 Å². The van der Waals surface area contributed by atoms with Gasteiger partial charge in [0.1, 0.15) is 0 Å². The largest absolute Gasteiger partial charge is 0.474 e. The van der Waals surface area contributed by atoms with E-state index in [2.05, 4.69) is 29.5 Å². The average Bonchev–Trinajstić information content (AvgIpc) is 3.16. The third-order valence-electron chi connectivity index (χ3n) is 8.60. The topological polar surface area (TPSA) is 392 Å². The predicted octanol–water partition coefficient (Wildman–Crippen LogP) is 1.64. The Morgan fingerprint density at radius 3 is 1.43 bits per heavy atom. The third kappa shape index (κ3) is 37.5. The fourth-order valence-corrected chi connectivity index (χ4v) is 6.93. The molecule has 0 aliphatic rings. The Kier molecular flexibility index (Phi) is 33.1. The van der Waals surface area contributed by atoms with Crippen LogP contribution in [0.4, 0.5) is 0 Å². The number of nitrogens with one attached hydrogen (secondary N) is 5. The van der Waals surface area contributed by atoms with Crippen molar-refractivity contribution in [3.63, 3.8) is 0 Å². The summed E-state index contributed by atoms with van der Waals surface area (Å²) in [7, 11) is -13.9. The quantitative estimate of drug-likeness (QED) is 0.0137. The van der Waals surface area contributed by atoms with Crippen LogP contribution in [0.25, 0.3) is 0 Å². The molecular weight excluding hydrogens is 871 g/mol. The molecule has 0 aromatic rings. The number of rotatable bonds is 40. The number of aliphatic hydroxyl groups excluding tert-OH is 1. The molecule has 0 heterocycles. The molecule has 0 spiro atoms. The smallest absolute Gasteiger partial charge is 0.370 e. The number of aliphatic hydroxyl groups is 1. The number of hydrogen-bond donors (Lipinski definition) is 12. The van der Waals surface area contributed by atoms with E-state index in [1.807, 2.05) is 0 Å². The molecule has 2 atom stereocenters. The van der Waals surface area contributed by atoms with Crippen molar-refractivity contribution in [1.82, 2.24) is 25.8 Å². The first kappa shape index (κ1) is 58.2. The highest BCUT2D eigenvalue weighted by Crippen LogP contribution is 2.45. The molecule has 0 aliphatic carbocycles. The summed E-state index contributed by atoms with van der Waals surface area (Å²) in [5, 5.41) is 31.5. The first-order valence-electron chi connectivity index (χ1n) is 20.3. The van der Waals surface area contributed by atoms with Gasteiger partial charge in [0.2, 0.25) is 17.7 Å². The summed E-state index contributed by atoms with van der Waals surface area (Å²) in [6.07, 6.45) is 9.09. The van der Waals surface area contributed by atoms with E-state index in [0.717, 1.165) is 38.5 Å². The molecule has 0 bridgehead atoms. The van der Waals surface area contributed by atoms with Gasteiger partial charge in [0.25, 0.3) is 0 Å². The number of unbranched alkanes of at least 4 members (excludes halogenated alkanes) is 10. The van der Waals surface area contributed by atoms with Crippen molar-refractivity contribution >= 4 is 53.1 Å². The third-order valence-corrected chi connectivity index (χ3v) is 10.9. The molecule has 0 radical (unpaired) electrons. The lowest BCUT2D eigenvalue weighted by atomic mass is 10.1. The maximum absolute atomic E-state index is 13.6. The van der Waals surface area contributed by atoms with Crippen molar-refractivity contribution in [1.29, 1.82) is 10.8 Å². The summed E-state index contributed by atoms with van der Waals surface area (Å²) in [6.45, 7) is 0.0963. The Morgan fingerprint density at radius 1 is 0.508 bits per heavy atom. The molecule has 0 rings (SSSR count). The Hall–Kier alpha value is -2.76. The molecule has 0 fully saturated rings. The zero-order chi connectivity index (χ0) is 46.0. The SMILES string of the molecule is N=C(N)NCCCCCCN(CCC(=O)NCCCCCCOP(=O)(O)OCO)C(=O)CCN(CCCCCCNC(=N)N)C(=O)CCCCOP(=O)(O)OCOP(=O)(O)O. The molecule has 0 saturated carbocycles. The number of carbonyl (C=O) groups is 3. The average molecular weight is 942 g/mol. The highest BCUT2D eigenvalue weighted by atomic mass is 31.2. The van der Waals surface area contributed by atoms with Gasteiger partial charge in [0.15, 0.2) is 25.5 Å². The minimum Gasteiger partial charge on any atom is -0.370 e. The first-order valence-corrected chi connectivity index (χ1v) is 24.8. The van der Waals surface area contributed by atoms with E-state index < -0.39 is 37.1 Å². The molecule has 0 aromatic heterocycles. The first-order chi connectivity index (χ1) is 28.8. The van der Waals surface area contributed by atoms with Gasteiger partial charge in [0.05, 0.1) is 13.2 Å². The molecule has 2 unspecified atom stereocenters. The van der Waals surface area contributed by atoms with Gasteiger partial charge >= 0.3 is 23.5 Å². The van der Waals surface area contributed by atoms with Crippen LogP contribution in [0.2, 0.25) is 0 Å². The Bertz CT molecular complexity index is 1420. The number of guanidine groups is 2. The lowest BCUT2D eigenvalue weighted by Crippen LogP contribution is -2.39. The molecular formula is C33H70N9O16P3. The van der Waals surface area contributed by atoms with Crippen LogP contribution in [0.3, 0.4) is 0 Å². The summed E-state index contributed by atoms with van der Waals surface area (Å²) in [6, 6.07) is 0. The molecule has 0 aromatic carbocycles. The molecule has 61 heavy (non-hydrogen) atoms. The number of hydrogen-bond acceptors (Lipinski definition) is 14. The number of nitrogens with zero attached hydrogens (tertiary/aromatic N) is 2. The monoisotopic (exact) mass is 941 g/mol. The lowest BCUT2D eigenvalue weighted by molar-refractivity contribution is -0.134. The van der Waals surface area contributed by atoms with Gasteiger partial charge in [-0.05, 0) is 51.4 Å². The summed E-state index contributed by atoms with van der Waals surface area (Å²) >= 11 is 0. The maximum Gasteiger partial charge on any atom is 0.474 e. The van der Waals surface area contributed by atoms with Gasteiger partial charge in [-0.2, -0.15) is 0 Å². The van der Waals surface area contributed by atoms with Crippen LogP contribution in [0.1, 0.15) is 109 Å². The molecule has 14 N–H and O–H groups in total. The number of phosphoric ester groups is 3.